The van der Waals surface area contributed by atoms with Gasteiger partial charge in [0.05, 0.1) is 7.11 Å². The average Bonchev–Trinajstić information content (AvgIpc) is 3.06. The topological polar surface area (TPSA) is 42.0 Å². The number of benzene rings is 2. The molecule has 0 bridgehead atoms. The SMILES string of the molecule is CCN(CC)Cc1cc(OC)ccc1OCC(=O)N1c2ccccc2C[C@@H]1C. The number of hydrogen-bond acceptors (Lipinski definition) is 4. The molecule has 0 saturated heterocycles. The molecular weight excluding hydrogens is 352 g/mol. The second-order valence-corrected chi connectivity index (χ2v) is 7.17. The van der Waals surface area contributed by atoms with Crippen LogP contribution >= 0.6 is 0 Å². The van der Waals surface area contributed by atoms with E-state index in [1.807, 2.05) is 41.3 Å². The van der Waals surface area contributed by atoms with E-state index in [9.17, 15) is 4.79 Å². The normalized spacial score (nSPS) is 15.6. The van der Waals surface area contributed by atoms with Crippen molar-refractivity contribution in [2.24, 2.45) is 0 Å². The van der Waals surface area contributed by atoms with Crippen LogP contribution in [0.2, 0.25) is 0 Å². The Labute approximate surface area is 167 Å². The van der Waals surface area contributed by atoms with Crippen LogP contribution < -0.4 is 14.4 Å². The van der Waals surface area contributed by atoms with Gasteiger partial charge >= 0.3 is 0 Å². The van der Waals surface area contributed by atoms with Gasteiger partial charge in [0.2, 0.25) is 0 Å². The van der Waals surface area contributed by atoms with Gasteiger partial charge in [-0.05, 0) is 56.3 Å². The highest BCUT2D eigenvalue weighted by molar-refractivity contribution is 5.97. The van der Waals surface area contributed by atoms with Gasteiger partial charge in [0.1, 0.15) is 11.5 Å². The Morgan fingerprint density at radius 1 is 1.18 bits per heavy atom. The summed E-state index contributed by atoms with van der Waals surface area (Å²) in [6.07, 6.45) is 0.887. The molecule has 0 unspecified atom stereocenters. The van der Waals surface area contributed by atoms with Gasteiger partial charge in [0.15, 0.2) is 6.61 Å². The summed E-state index contributed by atoms with van der Waals surface area (Å²) < 4.78 is 11.4. The Morgan fingerprint density at radius 2 is 1.93 bits per heavy atom. The summed E-state index contributed by atoms with van der Waals surface area (Å²) in [4.78, 5) is 17.1. The molecule has 1 aliphatic heterocycles. The number of rotatable bonds is 8. The maximum absolute atomic E-state index is 12.9. The molecule has 0 saturated carbocycles. The van der Waals surface area contributed by atoms with E-state index in [0.717, 1.165) is 48.8 Å². The average molecular weight is 383 g/mol. The minimum atomic E-state index is -0.0120. The van der Waals surface area contributed by atoms with Gasteiger partial charge in [-0.2, -0.15) is 0 Å². The number of fused-ring (bicyclic) bond motifs is 1. The number of carbonyl (C=O) groups excluding carboxylic acids is 1. The van der Waals surface area contributed by atoms with Crippen molar-refractivity contribution in [2.75, 3.05) is 31.7 Å². The summed E-state index contributed by atoms with van der Waals surface area (Å²) in [5.41, 5.74) is 3.25. The van der Waals surface area contributed by atoms with Crippen LogP contribution in [0.15, 0.2) is 42.5 Å². The molecule has 0 radical (unpaired) electrons. The first-order chi connectivity index (χ1) is 13.6. The van der Waals surface area contributed by atoms with Gasteiger partial charge in [-0.15, -0.1) is 0 Å². The lowest BCUT2D eigenvalue weighted by Crippen LogP contribution is -2.39. The van der Waals surface area contributed by atoms with Gasteiger partial charge in [0, 0.05) is 23.8 Å². The molecule has 5 heteroatoms. The minimum absolute atomic E-state index is 0.0120. The molecule has 1 atom stereocenters. The Morgan fingerprint density at radius 3 is 2.64 bits per heavy atom. The molecule has 3 rings (SSSR count). The van der Waals surface area contributed by atoms with Crippen LogP contribution in [0, 0.1) is 0 Å². The molecule has 0 spiro atoms. The predicted molar refractivity (Wildman–Crippen MR) is 112 cm³/mol. The van der Waals surface area contributed by atoms with Crippen LogP contribution in [0.25, 0.3) is 0 Å². The number of amides is 1. The molecule has 0 aromatic heterocycles. The van der Waals surface area contributed by atoms with Crippen molar-refractivity contribution in [3.8, 4) is 11.5 Å². The second-order valence-electron chi connectivity index (χ2n) is 7.17. The number of hydrogen-bond donors (Lipinski definition) is 0. The lowest BCUT2D eigenvalue weighted by Gasteiger charge is -2.24. The molecule has 0 fully saturated rings. The van der Waals surface area contributed by atoms with Gasteiger partial charge in [-0.25, -0.2) is 0 Å². The Hall–Kier alpha value is -2.53. The molecule has 1 amide bonds. The lowest BCUT2D eigenvalue weighted by molar-refractivity contribution is -0.120. The van der Waals surface area contributed by atoms with E-state index in [-0.39, 0.29) is 18.6 Å². The predicted octanol–water partition coefficient (Wildman–Crippen LogP) is 3.89. The first-order valence-corrected chi connectivity index (χ1v) is 9.99. The van der Waals surface area contributed by atoms with Gasteiger partial charge < -0.3 is 14.4 Å². The molecule has 1 heterocycles. The van der Waals surface area contributed by atoms with Crippen molar-refractivity contribution in [2.45, 2.75) is 39.8 Å². The summed E-state index contributed by atoms with van der Waals surface area (Å²) in [5.74, 6) is 1.52. The quantitative estimate of drug-likeness (QED) is 0.695. The number of ether oxygens (including phenoxy) is 2. The monoisotopic (exact) mass is 382 g/mol. The van der Waals surface area contributed by atoms with Crippen molar-refractivity contribution in [3.05, 3.63) is 53.6 Å². The van der Waals surface area contributed by atoms with E-state index in [0.29, 0.717) is 0 Å². The van der Waals surface area contributed by atoms with E-state index in [1.54, 1.807) is 7.11 Å². The van der Waals surface area contributed by atoms with Crippen molar-refractivity contribution in [1.82, 2.24) is 4.90 Å². The van der Waals surface area contributed by atoms with Crippen LogP contribution in [0.3, 0.4) is 0 Å². The van der Waals surface area contributed by atoms with E-state index >= 15 is 0 Å². The number of carbonyl (C=O) groups is 1. The maximum atomic E-state index is 12.9. The first-order valence-electron chi connectivity index (χ1n) is 9.99. The number of nitrogens with zero attached hydrogens (tertiary/aromatic N) is 2. The van der Waals surface area contributed by atoms with E-state index in [4.69, 9.17) is 9.47 Å². The maximum Gasteiger partial charge on any atom is 0.265 e. The van der Waals surface area contributed by atoms with Crippen molar-refractivity contribution < 1.29 is 14.3 Å². The lowest BCUT2D eigenvalue weighted by atomic mass is 10.1. The smallest absolute Gasteiger partial charge is 0.265 e. The van der Waals surface area contributed by atoms with E-state index in [2.05, 4.69) is 31.7 Å². The number of methoxy groups -OCH3 is 1. The van der Waals surface area contributed by atoms with Crippen molar-refractivity contribution in [1.29, 1.82) is 0 Å². The molecule has 2 aromatic rings. The zero-order valence-corrected chi connectivity index (χ0v) is 17.3. The third kappa shape index (κ3) is 4.30. The number of para-hydroxylation sites is 1. The zero-order valence-electron chi connectivity index (χ0n) is 17.3. The second kappa shape index (κ2) is 9.11. The molecular formula is C23H30N2O3. The fourth-order valence-corrected chi connectivity index (χ4v) is 3.79. The van der Waals surface area contributed by atoms with Gasteiger partial charge in [0.25, 0.3) is 5.91 Å². The molecule has 5 nitrogen and oxygen atoms in total. The highest BCUT2D eigenvalue weighted by Crippen LogP contribution is 2.32. The fraction of sp³-hybridized carbons (Fsp3) is 0.435. The summed E-state index contributed by atoms with van der Waals surface area (Å²) >= 11 is 0. The summed E-state index contributed by atoms with van der Waals surface area (Å²) in [6.45, 7) is 9.05. The van der Waals surface area contributed by atoms with Gasteiger partial charge in [-0.1, -0.05) is 32.0 Å². The Kier molecular flexibility index (Phi) is 6.57. The van der Waals surface area contributed by atoms with E-state index in [1.165, 1.54) is 5.56 Å². The zero-order chi connectivity index (χ0) is 20.1. The standard InChI is InChI=1S/C23H30N2O3/c1-5-24(6-2)15-19-14-20(27-4)11-12-22(19)28-16-23(26)25-17(3)13-18-9-7-8-10-21(18)25/h7-12,14,17H,5-6,13,15-16H2,1-4H3/t17-/m0/s1. The van der Waals surface area contributed by atoms with Crippen LogP contribution in [-0.2, 0) is 17.8 Å². The third-order valence-electron chi connectivity index (χ3n) is 5.38. The molecule has 2 aromatic carbocycles. The Balaban J connectivity index is 1.74. The van der Waals surface area contributed by atoms with Crippen LogP contribution in [-0.4, -0.2) is 43.7 Å². The third-order valence-corrected chi connectivity index (χ3v) is 5.38. The summed E-state index contributed by atoms with van der Waals surface area (Å²) in [5, 5.41) is 0. The largest absolute Gasteiger partial charge is 0.497 e. The number of anilines is 1. The van der Waals surface area contributed by atoms with Crippen molar-refractivity contribution >= 4 is 11.6 Å². The first kappa shape index (κ1) is 20.2. The molecule has 0 N–H and O–H groups in total. The molecule has 0 aliphatic carbocycles. The molecule has 1 aliphatic rings. The van der Waals surface area contributed by atoms with Crippen LogP contribution in [0.5, 0.6) is 11.5 Å². The Bertz CT molecular complexity index is 817. The van der Waals surface area contributed by atoms with Crippen LogP contribution in [0.1, 0.15) is 31.9 Å². The fourth-order valence-electron chi connectivity index (χ4n) is 3.79. The summed E-state index contributed by atoms with van der Waals surface area (Å²) in [6, 6.07) is 14.0. The van der Waals surface area contributed by atoms with Gasteiger partial charge in [-0.3, -0.25) is 9.69 Å². The highest BCUT2D eigenvalue weighted by Gasteiger charge is 2.30. The molecule has 28 heavy (non-hydrogen) atoms. The van der Waals surface area contributed by atoms with Crippen molar-refractivity contribution in [3.63, 3.8) is 0 Å². The minimum Gasteiger partial charge on any atom is -0.497 e. The highest BCUT2D eigenvalue weighted by atomic mass is 16.5. The summed E-state index contributed by atoms with van der Waals surface area (Å²) in [7, 11) is 1.66. The molecule has 150 valence electrons. The van der Waals surface area contributed by atoms with Crippen LogP contribution in [0.4, 0.5) is 5.69 Å². The van der Waals surface area contributed by atoms with E-state index < -0.39 is 0 Å².